The Morgan fingerprint density at radius 2 is 1.82 bits per heavy atom. The van der Waals surface area contributed by atoms with Crippen molar-refractivity contribution >= 4 is 22.2 Å². The van der Waals surface area contributed by atoms with Crippen molar-refractivity contribution < 1.29 is 19.0 Å². The van der Waals surface area contributed by atoms with Gasteiger partial charge in [0.15, 0.2) is 16.5 Å². The Hall–Kier alpha value is -3.07. The van der Waals surface area contributed by atoms with Crippen LogP contribution < -0.4 is 25.1 Å². The molecule has 9 heteroatoms. The van der Waals surface area contributed by atoms with E-state index in [0.29, 0.717) is 46.4 Å². The van der Waals surface area contributed by atoms with E-state index in [-0.39, 0.29) is 11.5 Å². The van der Waals surface area contributed by atoms with E-state index in [1.165, 1.54) is 38.7 Å². The van der Waals surface area contributed by atoms with Crippen molar-refractivity contribution in [1.82, 2.24) is 14.7 Å². The predicted octanol–water partition coefficient (Wildman–Crippen LogP) is 2.06. The monoisotopic (exact) mass is 403 g/mol. The lowest BCUT2D eigenvalue weighted by Crippen LogP contribution is -2.27. The van der Waals surface area contributed by atoms with Crippen LogP contribution in [0.15, 0.2) is 28.4 Å². The minimum atomic E-state index is -0.278. The van der Waals surface area contributed by atoms with Crippen molar-refractivity contribution in [1.29, 1.82) is 0 Å². The van der Waals surface area contributed by atoms with Crippen molar-refractivity contribution in [3.63, 3.8) is 0 Å². The zero-order valence-electron chi connectivity index (χ0n) is 16.1. The maximum atomic E-state index is 12.5. The van der Waals surface area contributed by atoms with Crippen LogP contribution in [0, 0.1) is 6.92 Å². The maximum Gasteiger partial charge on any atom is 0.258 e. The standard InChI is InChI=1S/C19H21N3O5S/c1-11-7-16(23)22-13(10-28-19(22)21-11)5-6-20-18(24)12-8-14(25-2)17(27-4)15(9-12)26-3/h7-10H,5-6H2,1-4H3,(H,20,24). The van der Waals surface area contributed by atoms with Crippen molar-refractivity contribution in [3.05, 3.63) is 50.9 Å². The molecule has 3 aromatic rings. The molecule has 0 fully saturated rings. The highest BCUT2D eigenvalue weighted by molar-refractivity contribution is 7.15. The van der Waals surface area contributed by atoms with Gasteiger partial charge in [-0.25, -0.2) is 4.98 Å². The van der Waals surface area contributed by atoms with Crippen LogP contribution >= 0.6 is 11.3 Å². The van der Waals surface area contributed by atoms with E-state index in [2.05, 4.69) is 10.3 Å². The second-order valence-corrected chi connectivity index (χ2v) is 6.84. The minimum Gasteiger partial charge on any atom is -0.493 e. The summed E-state index contributed by atoms with van der Waals surface area (Å²) in [6.07, 6.45) is 0.501. The first kappa shape index (κ1) is 19.7. The molecule has 2 heterocycles. The van der Waals surface area contributed by atoms with Crippen molar-refractivity contribution in [2.45, 2.75) is 13.3 Å². The molecular weight excluding hydrogens is 382 g/mol. The SMILES string of the molecule is COc1cc(C(=O)NCCc2csc3nc(C)cc(=O)n23)cc(OC)c1OC. The molecule has 148 valence electrons. The smallest absolute Gasteiger partial charge is 0.258 e. The van der Waals surface area contributed by atoms with Gasteiger partial charge in [0.25, 0.3) is 11.5 Å². The third-order valence-corrected chi connectivity index (χ3v) is 5.07. The Labute approximate surface area is 165 Å². The fourth-order valence-electron chi connectivity index (χ4n) is 2.88. The third-order valence-electron chi connectivity index (χ3n) is 4.20. The van der Waals surface area contributed by atoms with Crippen LogP contribution in [0.3, 0.4) is 0 Å². The fourth-order valence-corrected chi connectivity index (χ4v) is 3.85. The summed E-state index contributed by atoms with van der Waals surface area (Å²) in [5, 5.41) is 4.73. The molecule has 2 aromatic heterocycles. The number of amides is 1. The number of nitrogens with zero attached hydrogens (tertiary/aromatic N) is 2. The first-order valence-corrected chi connectivity index (χ1v) is 9.41. The van der Waals surface area contributed by atoms with Crippen LogP contribution in [0.1, 0.15) is 21.7 Å². The summed E-state index contributed by atoms with van der Waals surface area (Å²) < 4.78 is 17.4. The Morgan fingerprint density at radius 3 is 2.43 bits per heavy atom. The van der Waals surface area contributed by atoms with Gasteiger partial charge in [-0.3, -0.25) is 14.0 Å². The molecule has 28 heavy (non-hydrogen) atoms. The number of thiazole rings is 1. The van der Waals surface area contributed by atoms with E-state index in [4.69, 9.17) is 14.2 Å². The highest BCUT2D eigenvalue weighted by Gasteiger charge is 2.17. The topological polar surface area (TPSA) is 91.2 Å². The largest absolute Gasteiger partial charge is 0.493 e. The lowest BCUT2D eigenvalue weighted by Gasteiger charge is -2.14. The first-order valence-electron chi connectivity index (χ1n) is 8.53. The van der Waals surface area contributed by atoms with Gasteiger partial charge in [-0.2, -0.15) is 0 Å². The average Bonchev–Trinajstić information content (AvgIpc) is 3.09. The maximum absolute atomic E-state index is 12.5. The van der Waals surface area contributed by atoms with Crippen LogP contribution in [0.5, 0.6) is 17.2 Å². The quantitative estimate of drug-likeness (QED) is 0.649. The zero-order chi connectivity index (χ0) is 20.3. The summed E-state index contributed by atoms with van der Waals surface area (Å²) >= 11 is 1.40. The summed E-state index contributed by atoms with van der Waals surface area (Å²) in [7, 11) is 4.49. The van der Waals surface area contributed by atoms with Gasteiger partial charge in [0, 0.05) is 41.4 Å². The second kappa shape index (κ2) is 8.30. The molecule has 0 unspecified atom stereocenters. The van der Waals surface area contributed by atoms with E-state index < -0.39 is 0 Å². The molecule has 0 aliphatic heterocycles. The number of hydrogen-bond donors (Lipinski definition) is 1. The van der Waals surface area contributed by atoms with E-state index >= 15 is 0 Å². The lowest BCUT2D eigenvalue weighted by atomic mass is 10.1. The summed E-state index contributed by atoms with van der Waals surface area (Å²) in [6, 6.07) is 4.68. The van der Waals surface area contributed by atoms with Gasteiger partial charge in [-0.1, -0.05) is 0 Å². The first-order chi connectivity index (χ1) is 13.5. The van der Waals surface area contributed by atoms with Crippen LogP contribution in [0.4, 0.5) is 0 Å². The minimum absolute atomic E-state index is 0.116. The molecule has 0 spiro atoms. The Balaban J connectivity index is 1.74. The number of fused-ring (bicyclic) bond motifs is 1. The molecule has 1 amide bonds. The van der Waals surface area contributed by atoms with Crippen molar-refractivity contribution in [2.75, 3.05) is 27.9 Å². The van der Waals surface area contributed by atoms with Crippen molar-refractivity contribution in [2.24, 2.45) is 0 Å². The Kier molecular flexibility index (Phi) is 5.84. The number of methoxy groups -OCH3 is 3. The van der Waals surface area contributed by atoms with E-state index in [1.54, 1.807) is 23.5 Å². The predicted molar refractivity (Wildman–Crippen MR) is 106 cm³/mol. The number of aromatic nitrogens is 2. The number of carbonyl (C=O) groups is 1. The summed E-state index contributed by atoms with van der Waals surface area (Å²) in [4.78, 5) is 29.8. The van der Waals surface area contributed by atoms with Gasteiger partial charge < -0.3 is 19.5 Å². The van der Waals surface area contributed by atoms with Crippen LogP contribution in [-0.4, -0.2) is 43.2 Å². The molecule has 1 aromatic carbocycles. The van der Waals surface area contributed by atoms with Crippen LogP contribution in [0.25, 0.3) is 4.96 Å². The summed E-state index contributed by atoms with van der Waals surface area (Å²) in [5.74, 6) is 0.959. The Bertz CT molecular complexity index is 1050. The van der Waals surface area contributed by atoms with Crippen LogP contribution in [0.2, 0.25) is 0 Å². The molecule has 3 rings (SSSR count). The molecule has 0 saturated heterocycles. The molecule has 0 aliphatic rings. The molecule has 0 saturated carbocycles. The van der Waals surface area contributed by atoms with Gasteiger partial charge in [0.1, 0.15) is 0 Å². The van der Waals surface area contributed by atoms with E-state index in [1.807, 2.05) is 5.38 Å². The Morgan fingerprint density at radius 1 is 1.14 bits per heavy atom. The van der Waals surface area contributed by atoms with Gasteiger partial charge in [0.05, 0.1) is 21.3 Å². The van der Waals surface area contributed by atoms with Gasteiger partial charge in [-0.05, 0) is 19.1 Å². The van der Waals surface area contributed by atoms with Gasteiger partial charge >= 0.3 is 0 Å². The van der Waals surface area contributed by atoms with E-state index in [9.17, 15) is 9.59 Å². The lowest BCUT2D eigenvalue weighted by molar-refractivity contribution is 0.0953. The fraction of sp³-hybridized carbons (Fsp3) is 0.316. The van der Waals surface area contributed by atoms with Crippen LogP contribution in [-0.2, 0) is 6.42 Å². The highest BCUT2D eigenvalue weighted by atomic mass is 32.1. The summed E-state index contributed by atoms with van der Waals surface area (Å²) in [5.41, 5.74) is 1.77. The highest BCUT2D eigenvalue weighted by Crippen LogP contribution is 2.38. The summed E-state index contributed by atoms with van der Waals surface area (Å²) in [6.45, 7) is 2.15. The van der Waals surface area contributed by atoms with E-state index in [0.717, 1.165) is 5.69 Å². The third kappa shape index (κ3) is 3.79. The second-order valence-electron chi connectivity index (χ2n) is 6.00. The average molecular weight is 403 g/mol. The molecule has 1 N–H and O–H groups in total. The number of nitrogens with one attached hydrogen (secondary N) is 1. The number of aryl methyl sites for hydroxylation is 1. The number of rotatable bonds is 7. The van der Waals surface area contributed by atoms with Gasteiger partial charge in [-0.15, -0.1) is 11.3 Å². The number of ether oxygens (including phenoxy) is 3. The number of hydrogen-bond acceptors (Lipinski definition) is 7. The molecular formula is C19H21N3O5S. The molecule has 0 radical (unpaired) electrons. The molecule has 0 bridgehead atoms. The molecule has 0 aliphatic carbocycles. The zero-order valence-corrected chi connectivity index (χ0v) is 16.9. The number of benzene rings is 1. The van der Waals surface area contributed by atoms with Crippen molar-refractivity contribution in [3.8, 4) is 17.2 Å². The number of carbonyl (C=O) groups excluding carboxylic acids is 1. The normalized spacial score (nSPS) is 10.7. The van der Waals surface area contributed by atoms with Gasteiger partial charge in [0.2, 0.25) is 5.75 Å². The molecule has 0 atom stereocenters. The molecule has 8 nitrogen and oxygen atoms in total.